The molecular weight excluding hydrogens is 138 g/mol. The smallest absolute Gasteiger partial charge is 0.0650 e. The van der Waals surface area contributed by atoms with Gasteiger partial charge in [-0.15, -0.1) is 0 Å². The van der Waals surface area contributed by atoms with E-state index < -0.39 is 0 Å². The summed E-state index contributed by atoms with van der Waals surface area (Å²) >= 11 is 0. The molecule has 1 heterocycles. The number of nitrogens with one attached hydrogen (secondary N) is 1. The van der Waals surface area contributed by atoms with E-state index in [9.17, 15) is 0 Å². The van der Waals surface area contributed by atoms with Crippen LogP contribution in [-0.4, -0.2) is 25.8 Å². The average Bonchev–Trinajstić information content (AvgIpc) is 1.94. The minimum Gasteiger partial charge on any atom is -0.378 e. The third kappa shape index (κ3) is 2.17. The fourth-order valence-corrected chi connectivity index (χ4v) is 1.66. The van der Waals surface area contributed by atoms with Crippen LogP contribution in [-0.2, 0) is 4.74 Å². The fourth-order valence-electron chi connectivity index (χ4n) is 1.66. The molecule has 0 aromatic carbocycles. The van der Waals surface area contributed by atoms with Crippen LogP contribution in [0.4, 0.5) is 0 Å². The van der Waals surface area contributed by atoms with Crippen LogP contribution in [0.15, 0.2) is 0 Å². The summed E-state index contributed by atoms with van der Waals surface area (Å²) in [5.74, 6) is 0. The lowest BCUT2D eigenvalue weighted by atomic mass is 9.82. The Morgan fingerprint density at radius 1 is 1.55 bits per heavy atom. The molecule has 0 unspecified atom stereocenters. The van der Waals surface area contributed by atoms with Gasteiger partial charge in [0.05, 0.1) is 6.10 Å². The lowest BCUT2D eigenvalue weighted by Crippen LogP contribution is -2.47. The van der Waals surface area contributed by atoms with E-state index in [0.717, 1.165) is 26.1 Å². The molecule has 0 saturated carbocycles. The van der Waals surface area contributed by atoms with E-state index in [1.807, 2.05) is 0 Å². The van der Waals surface area contributed by atoms with Crippen molar-refractivity contribution in [2.45, 2.75) is 33.3 Å². The molecular formula is C9H19NO. The largest absolute Gasteiger partial charge is 0.378 e. The zero-order valence-corrected chi connectivity index (χ0v) is 7.81. The molecule has 1 N–H and O–H groups in total. The van der Waals surface area contributed by atoms with Gasteiger partial charge in [-0.25, -0.2) is 0 Å². The molecule has 0 radical (unpaired) electrons. The van der Waals surface area contributed by atoms with Gasteiger partial charge in [-0.2, -0.15) is 0 Å². The Bertz CT molecular complexity index is 121. The van der Waals surface area contributed by atoms with Crippen molar-refractivity contribution in [3.63, 3.8) is 0 Å². The van der Waals surface area contributed by atoms with Gasteiger partial charge >= 0.3 is 0 Å². The topological polar surface area (TPSA) is 21.3 Å². The molecule has 11 heavy (non-hydrogen) atoms. The van der Waals surface area contributed by atoms with Gasteiger partial charge in [0.25, 0.3) is 0 Å². The molecule has 1 rings (SSSR count). The Morgan fingerprint density at radius 2 is 2.27 bits per heavy atom. The SMILES string of the molecule is CCO[C@@H]1CCNCC1(C)C. The quantitative estimate of drug-likeness (QED) is 0.654. The van der Waals surface area contributed by atoms with Crippen LogP contribution in [0.2, 0.25) is 0 Å². The predicted molar refractivity (Wildman–Crippen MR) is 46.7 cm³/mol. The number of hydrogen-bond acceptors (Lipinski definition) is 2. The second-order valence-electron chi connectivity index (χ2n) is 3.90. The van der Waals surface area contributed by atoms with Gasteiger partial charge in [-0.05, 0) is 19.9 Å². The Hall–Kier alpha value is -0.0800. The number of hydrogen-bond donors (Lipinski definition) is 1. The predicted octanol–water partition coefficient (Wildman–Crippen LogP) is 1.41. The highest BCUT2D eigenvalue weighted by molar-refractivity contribution is 4.85. The summed E-state index contributed by atoms with van der Waals surface area (Å²) in [7, 11) is 0. The molecule has 1 fully saturated rings. The van der Waals surface area contributed by atoms with Crippen molar-refractivity contribution in [2.75, 3.05) is 19.7 Å². The Morgan fingerprint density at radius 3 is 2.82 bits per heavy atom. The molecule has 0 spiro atoms. The molecule has 2 nitrogen and oxygen atoms in total. The zero-order chi connectivity index (χ0) is 8.32. The normalized spacial score (nSPS) is 30.3. The van der Waals surface area contributed by atoms with Gasteiger partial charge < -0.3 is 10.1 Å². The minimum atomic E-state index is 0.314. The van der Waals surface area contributed by atoms with Crippen LogP contribution in [0.25, 0.3) is 0 Å². The van der Waals surface area contributed by atoms with E-state index in [-0.39, 0.29) is 0 Å². The van der Waals surface area contributed by atoms with Crippen molar-refractivity contribution in [1.29, 1.82) is 0 Å². The van der Waals surface area contributed by atoms with Gasteiger partial charge in [-0.1, -0.05) is 13.8 Å². The maximum Gasteiger partial charge on any atom is 0.0650 e. The third-order valence-electron chi connectivity index (χ3n) is 2.40. The second-order valence-corrected chi connectivity index (χ2v) is 3.90. The van der Waals surface area contributed by atoms with Crippen molar-refractivity contribution < 1.29 is 4.74 Å². The Labute approximate surface area is 69.3 Å². The van der Waals surface area contributed by atoms with Crippen LogP contribution in [0.5, 0.6) is 0 Å². The summed E-state index contributed by atoms with van der Waals surface area (Å²) < 4.78 is 5.66. The monoisotopic (exact) mass is 157 g/mol. The molecule has 1 aliphatic rings. The molecule has 66 valence electrons. The second kappa shape index (κ2) is 3.55. The standard InChI is InChI=1S/C9H19NO/c1-4-11-8-5-6-10-7-9(8,2)3/h8,10H,4-7H2,1-3H3/t8-/m1/s1. The van der Waals surface area contributed by atoms with Gasteiger partial charge in [0, 0.05) is 18.6 Å². The van der Waals surface area contributed by atoms with Gasteiger partial charge in [0.15, 0.2) is 0 Å². The maximum atomic E-state index is 5.66. The van der Waals surface area contributed by atoms with Crippen LogP contribution in [0, 0.1) is 5.41 Å². The highest BCUT2D eigenvalue weighted by Crippen LogP contribution is 2.27. The summed E-state index contributed by atoms with van der Waals surface area (Å²) in [6.07, 6.45) is 1.61. The van der Waals surface area contributed by atoms with E-state index >= 15 is 0 Å². The molecule has 0 aromatic heterocycles. The molecule has 0 aliphatic carbocycles. The minimum absolute atomic E-state index is 0.314. The molecule has 1 aliphatic heterocycles. The van der Waals surface area contributed by atoms with Crippen molar-refractivity contribution in [3.05, 3.63) is 0 Å². The van der Waals surface area contributed by atoms with E-state index in [1.54, 1.807) is 0 Å². The van der Waals surface area contributed by atoms with E-state index in [4.69, 9.17) is 4.74 Å². The van der Waals surface area contributed by atoms with E-state index in [0.29, 0.717) is 11.5 Å². The van der Waals surface area contributed by atoms with Crippen molar-refractivity contribution in [3.8, 4) is 0 Å². The molecule has 0 aromatic rings. The molecule has 0 bridgehead atoms. The first-order valence-corrected chi connectivity index (χ1v) is 4.49. The summed E-state index contributed by atoms with van der Waals surface area (Å²) in [5, 5.41) is 3.38. The van der Waals surface area contributed by atoms with Crippen molar-refractivity contribution in [2.24, 2.45) is 5.41 Å². The number of rotatable bonds is 2. The van der Waals surface area contributed by atoms with E-state index in [1.165, 1.54) is 0 Å². The van der Waals surface area contributed by atoms with Crippen molar-refractivity contribution >= 4 is 0 Å². The van der Waals surface area contributed by atoms with Crippen LogP contribution >= 0.6 is 0 Å². The zero-order valence-electron chi connectivity index (χ0n) is 7.81. The average molecular weight is 157 g/mol. The Balaban J connectivity index is 2.45. The first kappa shape index (κ1) is 9.01. The van der Waals surface area contributed by atoms with Crippen LogP contribution < -0.4 is 5.32 Å². The lowest BCUT2D eigenvalue weighted by Gasteiger charge is -2.38. The number of ether oxygens (including phenoxy) is 1. The third-order valence-corrected chi connectivity index (χ3v) is 2.40. The summed E-state index contributed by atoms with van der Waals surface area (Å²) in [6.45, 7) is 9.62. The van der Waals surface area contributed by atoms with Crippen LogP contribution in [0.1, 0.15) is 27.2 Å². The fraction of sp³-hybridized carbons (Fsp3) is 1.00. The van der Waals surface area contributed by atoms with Gasteiger partial charge in [-0.3, -0.25) is 0 Å². The first-order valence-electron chi connectivity index (χ1n) is 4.49. The van der Waals surface area contributed by atoms with Crippen molar-refractivity contribution in [1.82, 2.24) is 5.32 Å². The summed E-state index contributed by atoms with van der Waals surface area (Å²) in [4.78, 5) is 0. The Kier molecular flexibility index (Phi) is 2.90. The molecule has 1 atom stereocenters. The molecule has 2 heteroatoms. The molecule has 0 amide bonds. The van der Waals surface area contributed by atoms with Crippen LogP contribution in [0.3, 0.4) is 0 Å². The maximum absolute atomic E-state index is 5.66. The number of piperidine rings is 1. The van der Waals surface area contributed by atoms with Gasteiger partial charge in [0.1, 0.15) is 0 Å². The lowest BCUT2D eigenvalue weighted by molar-refractivity contribution is -0.0372. The van der Waals surface area contributed by atoms with E-state index in [2.05, 4.69) is 26.1 Å². The summed E-state index contributed by atoms with van der Waals surface area (Å²) in [6, 6.07) is 0. The first-order chi connectivity index (χ1) is 5.17. The highest BCUT2D eigenvalue weighted by Gasteiger charge is 2.32. The molecule has 1 saturated heterocycles. The highest BCUT2D eigenvalue weighted by atomic mass is 16.5. The van der Waals surface area contributed by atoms with Gasteiger partial charge in [0.2, 0.25) is 0 Å². The summed E-state index contributed by atoms with van der Waals surface area (Å²) in [5.41, 5.74) is 0.314.